The molecule has 0 unspecified atom stereocenters. The number of benzene rings is 1. The van der Waals surface area contributed by atoms with Gasteiger partial charge in [0.05, 0.1) is 11.5 Å². The molecular formula is C18H24N2O. The first-order chi connectivity index (χ1) is 10.0. The number of hydrogen-bond acceptors (Lipinski definition) is 2. The fourth-order valence-electron chi connectivity index (χ4n) is 2.82. The topological polar surface area (TPSA) is 44.1 Å². The Morgan fingerprint density at radius 3 is 2.76 bits per heavy atom. The van der Waals surface area contributed by atoms with Gasteiger partial charge >= 0.3 is 0 Å². The van der Waals surface area contributed by atoms with Crippen LogP contribution in [0.3, 0.4) is 0 Å². The van der Waals surface area contributed by atoms with Crippen LogP contribution in [0.15, 0.2) is 24.3 Å². The van der Waals surface area contributed by atoms with Crippen LogP contribution in [-0.2, 0) is 11.2 Å². The summed E-state index contributed by atoms with van der Waals surface area (Å²) in [5, 5.41) is 9.04. The fourth-order valence-corrected chi connectivity index (χ4v) is 2.82. The van der Waals surface area contributed by atoms with E-state index >= 15 is 0 Å². The monoisotopic (exact) mass is 284 g/mol. The quantitative estimate of drug-likeness (QED) is 0.765. The number of amides is 1. The first-order valence-electron chi connectivity index (χ1n) is 7.83. The van der Waals surface area contributed by atoms with Crippen LogP contribution in [0.1, 0.15) is 51.5 Å². The molecule has 0 N–H and O–H groups in total. The zero-order valence-corrected chi connectivity index (χ0v) is 13.1. The molecule has 0 atom stereocenters. The molecule has 0 aromatic heterocycles. The molecule has 2 rings (SSSR count). The molecule has 0 aliphatic carbocycles. The Bertz CT molecular complexity index is 542. The highest BCUT2D eigenvalue weighted by atomic mass is 16.2. The predicted octanol–water partition coefficient (Wildman–Crippen LogP) is 4.08. The van der Waals surface area contributed by atoms with Crippen LogP contribution in [0.25, 0.3) is 0 Å². The number of carbonyl (C=O) groups is 1. The maximum Gasteiger partial charge on any atom is 0.226 e. The van der Waals surface area contributed by atoms with Gasteiger partial charge in [-0.3, -0.25) is 4.79 Å². The molecule has 3 nitrogen and oxygen atoms in total. The molecule has 1 aromatic carbocycles. The molecule has 112 valence electrons. The molecule has 21 heavy (non-hydrogen) atoms. The number of aryl methyl sites for hydroxylation is 1. The third-order valence-electron chi connectivity index (χ3n) is 4.16. The maximum absolute atomic E-state index is 12.3. The van der Waals surface area contributed by atoms with Gasteiger partial charge < -0.3 is 4.90 Å². The third kappa shape index (κ3) is 4.07. The van der Waals surface area contributed by atoms with Crippen LogP contribution in [0.4, 0.5) is 5.69 Å². The highest BCUT2D eigenvalue weighted by molar-refractivity contribution is 5.94. The van der Waals surface area contributed by atoms with Gasteiger partial charge in [0.25, 0.3) is 0 Å². The van der Waals surface area contributed by atoms with Gasteiger partial charge in [-0.15, -0.1) is 0 Å². The minimum Gasteiger partial charge on any atom is -0.312 e. The smallest absolute Gasteiger partial charge is 0.226 e. The van der Waals surface area contributed by atoms with Crippen molar-refractivity contribution in [3.63, 3.8) is 0 Å². The van der Waals surface area contributed by atoms with E-state index in [9.17, 15) is 4.79 Å². The summed E-state index contributed by atoms with van der Waals surface area (Å²) in [6.07, 6.45) is 5.37. The first-order valence-corrected chi connectivity index (χ1v) is 7.83. The van der Waals surface area contributed by atoms with E-state index in [2.05, 4.69) is 18.2 Å². The zero-order chi connectivity index (χ0) is 15.3. The van der Waals surface area contributed by atoms with E-state index in [1.807, 2.05) is 30.9 Å². The van der Waals surface area contributed by atoms with Gasteiger partial charge in [-0.1, -0.05) is 24.6 Å². The number of nitrogens with zero attached hydrogens (tertiary/aromatic N) is 2. The van der Waals surface area contributed by atoms with Crippen molar-refractivity contribution in [2.24, 2.45) is 5.41 Å². The molecule has 1 aromatic rings. The molecule has 0 fully saturated rings. The van der Waals surface area contributed by atoms with Gasteiger partial charge in [-0.25, -0.2) is 0 Å². The van der Waals surface area contributed by atoms with E-state index in [0.29, 0.717) is 6.42 Å². The van der Waals surface area contributed by atoms with E-state index in [1.54, 1.807) is 0 Å². The molecule has 0 spiro atoms. The van der Waals surface area contributed by atoms with Crippen molar-refractivity contribution in [2.45, 2.75) is 52.4 Å². The standard InChI is InChI=1S/C18H24N2O/c1-18(2,14-19)12-5-6-13-20-16-10-4-3-8-15(16)9-7-11-17(20)21/h3-4,8,10H,5-7,9,11-13H2,1-2H3. The van der Waals surface area contributed by atoms with Gasteiger partial charge in [-0.2, -0.15) is 5.26 Å². The van der Waals surface area contributed by atoms with Crippen LogP contribution >= 0.6 is 0 Å². The van der Waals surface area contributed by atoms with Crippen molar-refractivity contribution in [3.8, 4) is 6.07 Å². The summed E-state index contributed by atoms with van der Waals surface area (Å²) >= 11 is 0. The number of para-hydroxylation sites is 1. The lowest BCUT2D eigenvalue weighted by Crippen LogP contribution is -2.31. The Kier molecular flexibility index (Phi) is 5.01. The minimum atomic E-state index is -0.263. The number of carbonyl (C=O) groups excluding carboxylic acids is 1. The van der Waals surface area contributed by atoms with Crippen LogP contribution in [0.5, 0.6) is 0 Å². The van der Waals surface area contributed by atoms with Crippen molar-refractivity contribution in [2.75, 3.05) is 11.4 Å². The largest absolute Gasteiger partial charge is 0.312 e. The number of anilines is 1. The van der Waals surface area contributed by atoms with E-state index in [4.69, 9.17) is 5.26 Å². The Labute approximate surface area is 127 Å². The van der Waals surface area contributed by atoms with Gasteiger partial charge in [-0.05, 0) is 51.2 Å². The van der Waals surface area contributed by atoms with Crippen molar-refractivity contribution in [3.05, 3.63) is 29.8 Å². The van der Waals surface area contributed by atoms with Crippen LogP contribution in [0.2, 0.25) is 0 Å². The summed E-state index contributed by atoms with van der Waals surface area (Å²) in [4.78, 5) is 14.2. The maximum atomic E-state index is 12.3. The molecule has 1 aliphatic rings. The lowest BCUT2D eigenvalue weighted by molar-refractivity contribution is -0.118. The number of fused-ring (bicyclic) bond motifs is 1. The highest BCUT2D eigenvalue weighted by Gasteiger charge is 2.22. The summed E-state index contributed by atoms with van der Waals surface area (Å²) < 4.78 is 0. The second-order valence-electron chi connectivity index (χ2n) is 6.48. The van der Waals surface area contributed by atoms with E-state index in [1.165, 1.54) is 5.56 Å². The molecule has 3 heteroatoms. The number of unbranched alkanes of at least 4 members (excludes halogenated alkanes) is 1. The zero-order valence-electron chi connectivity index (χ0n) is 13.1. The molecule has 1 heterocycles. The lowest BCUT2D eigenvalue weighted by atomic mass is 9.89. The summed E-state index contributed by atoms with van der Waals surface area (Å²) in [6, 6.07) is 10.6. The van der Waals surface area contributed by atoms with Crippen molar-refractivity contribution < 1.29 is 4.79 Å². The molecule has 1 amide bonds. The second-order valence-corrected chi connectivity index (χ2v) is 6.48. The van der Waals surface area contributed by atoms with Crippen LogP contribution < -0.4 is 4.90 Å². The molecule has 1 aliphatic heterocycles. The first kappa shape index (κ1) is 15.6. The van der Waals surface area contributed by atoms with Crippen molar-refractivity contribution in [1.29, 1.82) is 5.26 Å². The second kappa shape index (κ2) is 6.76. The van der Waals surface area contributed by atoms with E-state index in [0.717, 1.165) is 44.3 Å². The van der Waals surface area contributed by atoms with Crippen molar-refractivity contribution >= 4 is 11.6 Å². The van der Waals surface area contributed by atoms with Crippen LogP contribution in [0, 0.1) is 16.7 Å². The number of rotatable bonds is 5. The lowest BCUT2D eigenvalue weighted by Gasteiger charge is -2.23. The Morgan fingerprint density at radius 2 is 2.00 bits per heavy atom. The predicted molar refractivity (Wildman–Crippen MR) is 85.0 cm³/mol. The molecule has 0 bridgehead atoms. The average Bonchev–Trinajstić information content (AvgIpc) is 2.63. The fraction of sp³-hybridized carbons (Fsp3) is 0.556. The van der Waals surface area contributed by atoms with Gasteiger partial charge in [0, 0.05) is 18.7 Å². The Morgan fingerprint density at radius 1 is 1.24 bits per heavy atom. The Balaban J connectivity index is 1.98. The highest BCUT2D eigenvalue weighted by Crippen LogP contribution is 2.28. The average molecular weight is 284 g/mol. The SMILES string of the molecule is CC(C)(C#N)CCCCN1C(=O)CCCc2ccccc21. The third-order valence-corrected chi connectivity index (χ3v) is 4.16. The number of hydrogen-bond donors (Lipinski definition) is 0. The number of nitriles is 1. The molecule has 0 saturated heterocycles. The minimum absolute atomic E-state index is 0.236. The summed E-state index contributed by atoms with van der Waals surface area (Å²) in [6.45, 7) is 4.70. The normalized spacial score (nSPS) is 15.3. The summed E-state index contributed by atoms with van der Waals surface area (Å²) in [5.41, 5.74) is 2.10. The van der Waals surface area contributed by atoms with Crippen LogP contribution in [-0.4, -0.2) is 12.5 Å². The summed E-state index contributed by atoms with van der Waals surface area (Å²) in [7, 11) is 0. The van der Waals surface area contributed by atoms with Crippen molar-refractivity contribution in [1.82, 2.24) is 0 Å². The van der Waals surface area contributed by atoms with E-state index < -0.39 is 0 Å². The van der Waals surface area contributed by atoms with Gasteiger partial charge in [0.1, 0.15) is 0 Å². The van der Waals surface area contributed by atoms with Gasteiger partial charge in [0.2, 0.25) is 5.91 Å². The van der Waals surface area contributed by atoms with Gasteiger partial charge in [0.15, 0.2) is 0 Å². The molecule has 0 saturated carbocycles. The van der Waals surface area contributed by atoms with E-state index in [-0.39, 0.29) is 11.3 Å². The molecule has 0 radical (unpaired) electrons. The Hall–Kier alpha value is -1.82. The molecular weight excluding hydrogens is 260 g/mol. The summed E-state index contributed by atoms with van der Waals surface area (Å²) in [5.74, 6) is 0.236.